The number of rotatable bonds is 3. The van der Waals surface area contributed by atoms with Crippen LogP contribution < -0.4 is 22.0 Å². The van der Waals surface area contributed by atoms with Crippen LogP contribution in [0.1, 0.15) is 96.3 Å². The maximum absolute atomic E-state index is 4.77. The normalized spacial score (nSPS) is 21.9. The maximum atomic E-state index is 4.77. The number of hydrogen-bond donors (Lipinski definition) is 4. The van der Waals surface area contributed by atoms with Gasteiger partial charge in [0.15, 0.2) is 0 Å². The summed E-state index contributed by atoms with van der Waals surface area (Å²) in [5, 5.41) is 0. The minimum Gasteiger partial charge on any atom is -0.129 e. The van der Waals surface area contributed by atoms with Gasteiger partial charge in [-0.3, -0.25) is 0 Å². The summed E-state index contributed by atoms with van der Waals surface area (Å²) in [4.78, 5) is 0. The van der Waals surface area contributed by atoms with Crippen LogP contribution in [-0.4, -0.2) is 19.8 Å². The van der Waals surface area contributed by atoms with Gasteiger partial charge in [0.25, 0.3) is 0 Å². The number of nitrogens with two attached hydrogens (primary N) is 4. The van der Waals surface area contributed by atoms with Crippen molar-refractivity contribution in [2.45, 2.75) is 108 Å². The fraction of sp³-hybridized carbons (Fsp3) is 1.00. The van der Waals surface area contributed by atoms with Crippen molar-refractivity contribution in [2.24, 2.45) is 22.0 Å². The molecule has 27 heavy (non-hydrogen) atoms. The molecule has 0 aliphatic heterocycles. The summed E-state index contributed by atoms with van der Waals surface area (Å²) in [5.41, 5.74) is 19.1. The summed E-state index contributed by atoms with van der Waals surface area (Å²) < 4.78 is 3.96. The van der Waals surface area contributed by atoms with Crippen molar-refractivity contribution in [1.29, 1.82) is 0 Å². The Hall–Kier alpha value is 1.68. The van der Waals surface area contributed by atoms with Crippen LogP contribution in [0.4, 0.5) is 0 Å². The molecule has 0 saturated heterocycles. The van der Waals surface area contributed by atoms with Crippen molar-refractivity contribution in [1.82, 2.24) is 0 Å². The molecule has 0 bridgehead atoms. The molecule has 9 heteroatoms. The Morgan fingerprint density at radius 1 is 0.481 bits per heavy atom. The topological polar surface area (TPSA) is 104 Å². The van der Waals surface area contributed by atoms with Gasteiger partial charge in [-0.15, -0.1) is 22.0 Å². The third-order valence-corrected chi connectivity index (χ3v) is 19.2. The average molecular weight is 558 g/mol. The summed E-state index contributed by atoms with van der Waals surface area (Å²) in [7, 11) is 0. The van der Waals surface area contributed by atoms with E-state index in [0.29, 0.717) is 0 Å². The van der Waals surface area contributed by atoms with E-state index in [0.717, 1.165) is 0 Å². The summed E-state index contributed by atoms with van der Waals surface area (Å²) in [6.07, 6.45) is 24.2. The van der Waals surface area contributed by atoms with Crippen molar-refractivity contribution in [3.8, 4) is 0 Å². The van der Waals surface area contributed by atoms with Crippen molar-refractivity contribution in [3.05, 3.63) is 0 Å². The molecule has 0 heterocycles. The summed E-state index contributed by atoms with van der Waals surface area (Å²) in [5.74, 6) is 0. The van der Waals surface area contributed by atoms with E-state index in [4.69, 9.17) is 22.0 Å². The van der Waals surface area contributed by atoms with Crippen LogP contribution >= 0.6 is 14.0 Å². The van der Waals surface area contributed by atoms with Gasteiger partial charge in [0.1, 0.15) is 0 Å². The first-order valence-corrected chi connectivity index (χ1v) is 20.6. The van der Waals surface area contributed by atoms with E-state index < -0.39 is 33.8 Å². The van der Waals surface area contributed by atoms with Gasteiger partial charge in [0.05, 0.1) is 0 Å². The zero-order valence-corrected chi connectivity index (χ0v) is 23.1. The summed E-state index contributed by atoms with van der Waals surface area (Å²) in [6, 6.07) is 0. The van der Waals surface area contributed by atoms with E-state index in [9.17, 15) is 0 Å². The van der Waals surface area contributed by atoms with Crippen LogP contribution in [0.25, 0.3) is 0 Å². The minimum atomic E-state index is -1.15. The van der Waals surface area contributed by atoms with Crippen molar-refractivity contribution >= 4 is 57.4 Å². The molecule has 0 unspecified atom stereocenters. The maximum Gasteiger partial charge on any atom is 0.355 e. The van der Waals surface area contributed by atoms with Crippen LogP contribution in [0.3, 0.4) is 0 Å². The molecule has 0 aromatic heterocycles. The summed E-state index contributed by atoms with van der Waals surface area (Å²) >= 11 is 7.33. The second-order valence-electron chi connectivity index (χ2n) is 8.22. The van der Waals surface area contributed by atoms with Gasteiger partial charge in [0, 0.05) is 0 Å². The quantitative estimate of drug-likeness (QED) is 0.257. The van der Waals surface area contributed by atoms with E-state index in [1.165, 1.54) is 11.8 Å². The van der Waals surface area contributed by atoms with E-state index in [1.807, 2.05) is 0 Å². The standard InChI is InChI=1S/3C6H11.2H4N2PS.Sn/c3*1-2-4-6-5-3-1;2*1-3(2)4;/h3*1H,2-6H2;2*(H4,1,2,4);/q;;;3*+1. The van der Waals surface area contributed by atoms with Crippen molar-refractivity contribution < 1.29 is 0 Å². The second kappa shape index (κ2) is 16.4. The Bertz CT molecular complexity index is 365. The SMILES string of the molecule is C1CC[CH]([Sn+]([CH]2CCCCC2)[CH]2CCCCC2)CC1.N[P+](N)=S.N[P+](N)=S. The molecule has 0 spiro atoms. The van der Waals surface area contributed by atoms with Gasteiger partial charge in [-0.05, 0) is 0 Å². The number of hydrogen-bond acceptors (Lipinski definition) is 2. The monoisotopic (exact) mass is 559 g/mol. The molecule has 0 radical (unpaired) electrons. The molecule has 0 aromatic carbocycles. The first-order valence-electron chi connectivity index (χ1n) is 10.7. The van der Waals surface area contributed by atoms with E-state index in [-0.39, 0.29) is 0 Å². The molecule has 3 fully saturated rings. The Balaban J connectivity index is 0.000000390. The van der Waals surface area contributed by atoms with E-state index in [2.05, 4.69) is 23.6 Å². The molecule has 156 valence electrons. The molecular weight excluding hydrogens is 517 g/mol. The second-order valence-corrected chi connectivity index (χ2v) is 22.0. The Labute approximate surface area is 186 Å². The Morgan fingerprint density at radius 3 is 0.852 bits per heavy atom. The van der Waals surface area contributed by atoms with Gasteiger partial charge in [0.2, 0.25) is 23.6 Å². The van der Waals surface area contributed by atoms with Crippen LogP contribution in [0.15, 0.2) is 0 Å². The van der Waals surface area contributed by atoms with Crippen molar-refractivity contribution in [2.75, 3.05) is 0 Å². The Kier molecular flexibility index (Phi) is 16.2. The summed E-state index contributed by atoms with van der Waals surface area (Å²) in [6.45, 7) is -2.07. The molecule has 3 saturated carbocycles. The van der Waals surface area contributed by atoms with Crippen molar-refractivity contribution in [3.63, 3.8) is 0 Å². The molecule has 3 rings (SSSR count). The molecule has 3 aliphatic rings. The molecule has 0 atom stereocenters. The third kappa shape index (κ3) is 12.9. The smallest absolute Gasteiger partial charge is 0.129 e. The average Bonchev–Trinajstić information content (AvgIpc) is 2.64. The fourth-order valence-electron chi connectivity index (χ4n) is 5.31. The van der Waals surface area contributed by atoms with Gasteiger partial charge < -0.3 is 0 Å². The fourth-order valence-corrected chi connectivity index (χ4v) is 20.2. The molecule has 3 aliphatic carbocycles. The molecule has 0 aromatic rings. The first kappa shape index (κ1) is 26.7. The van der Waals surface area contributed by atoms with Crippen LogP contribution in [0.5, 0.6) is 0 Å². The third-order valence-electron chi connectivity index (χ3n) is 6.23. The zero-order valence-electron chi connectivity index (χ0n) is 16.9. The van der Waals surface area contributed by atoms with E-state index >= 15 is 0 Å². The van der Waals surface area contributed by atoms with Crippen LogP contribution in [0, 0.1) is 0 Å². The first-order chi connectivity index (χ1) is 12.9. The minimum absolute atomic E-state index is 1.04. The van der Waals surface area contributed by atoms with E-state index in [1.54, 1.807) is 96.3 Å². The van der Waals surface area contributed by atoms with Gasteiger partial charge >= 0.3 is 142 Å². The van der Waals surface area contributed by atoms with Gasteiger partial charge in [-0.25, -0.2) is 0 Å². The van der Waals surface area contributed by atoms with Gasteiger partial charge in [-0.1, -0.05) is 0 Å². The Morgan fingerprint density at radius 2 is 0.667 bits per heavy atom. The molecule has 4 nitrogen and oxygen atoms in total. The molecular formula is C18H41N4P2S2Sn+3. The predicted molar refractivity (Wildman–Crippen MR) is 132 cm³/mol. The molecule has 0 amide bonds. The molecule has 8 N–H and O–H groups in total. The van der Waals surface area contributed by atoms with Crippen LogP contribution in [-0.2, 0) is 23.6 Å². The van der Waals surface area contributed by atoms with Gasteiger partial charge in [-0.2, -0.15) is 0 Å². The largest absolute Gasteiger partial charge is 0.355 e. The predicted octanol–water partition coefficient (Wildman–Crippen LogP) is 5.84. The zero-order chi connectivity index (χ0) is 20.1. The van der Waals surface area contributed by atoms with Crippen LogP contribution in [0.2, 0.25) is 11.8 Å².